The minimum Gasteiger partial charge on any atom is -0.404 e. The number of nitrogens with two attached hydrogens (primary N) is 1. The molecular weight excluding hydrogens is 476 g/mol. The van der Waals surface area contributed by atoms with Gasteiger partial charge < -0.3 is 20.7 Å². The number of fused-ring (bicyclic) bond motifs is 1. The minimum absolute atomic E-state index is 0.100. The maximum Gasteiger partial charge on any atom is 0.165 e. The third-order valence-corrected chi connectivity index (χ3v) is 5.98. The monoisotopic (exact) mass is 504 g/mol. The number of aliphatic imine (C=N–C) groups is 1. The Morgan fingerprint density at radius 1 is 1.19 bits per heavy atom. The molecule has 0 fully saturated rings. The Bertz CT molecular complexity index is 1440. The van der Waals surface area contributed by atoms with Crippen molar-refractivity contribution in [2.24, 2.45) is 10.7 Å². The zero-order valence-corrected chi connectivity index (χ0v) is 21.5. The highest BCUT2D eigenvalue weighted by Crippen LogP contribution is 2.32. The summed E-state index contributed by atoms with van der Waals surface area (Å²) in [4.78, 5) is 14.0. The van der Waals surface area contributed by atoms with Crippen molar-refractivity contribution >= 4 is 40.1 Å². The van der Waals surface area contributed by atoms with Crippen LogP contribution >= 0.6 is 11.6 Å². The van der Waals surface area contributed by atoms with E-state index in [1.807, 2.05) is 70.2 Å². The summed E-state index contributed by atoms with van der Waals surface area (Å²) in [5.74, 6) is 1.80. The summed E-state index contributed by atoms with van der Waals surface area (Å²) in [6.07, 6.45) is 3.01. The lowest BCUT2D eigenvalue weighted by molar-refractivity contribution is 0.223. The van der Waals surface area contributed by atoms with E-state index in [4.69, 9.17) is 31.8 Å². The molecule has 0 bridgehead atoms. The van der Waals surface area contributed by atoms with Gasteiger partial charge >= 0.3 is 0 Å². The number of aliphatic hydroxyl groups is 1. The molecule has 9 heteroatoms. The molecule has 2 aromatic carbocycles. The van der Waals surface area contributed by atoms with Gasteiger partial charge in [0.15, 0.2) is 5.82 Å². The first-order chi connectivity index (χ1) is 17.2. The van der Waals surface area contributed by atoms with E-state index >= 15 is 0 Å². The molecule has 4 N–H and O–H groups in total. The Labute approximate surface area is 214 Å². The summed E-state index contributed by atoms with van der Waals surface area (Å²) in [6.45, 7) is 7.87. The maximum atomic E-state index is 9.55. The number of aliphatic hydroxyl groups excluding tert-OH is 1. The van der Waals surface area contributed by atoms with E-state index in [2.05, 4.69) is 15.5 Å². The van der Waals surface area contributed by atoms with Crippen molar-refractivity contribution in [2.75, 3.05) is 11.9 Å². The lowest BCUT2D eigenvalue weighted by Gasteiger charge is -2.16. The fraction of sp³-hybridized carbons (Fsp3) is 0.259. The predicted molar refractivity (Wildman–Crippen MR) is 145 cm³/mol. The molecule has 2 heterocycles. The standard InChI is InChI=1S/C27H29ClN6O2/c1-16-24(17(2)36-34-16)19-8-9-23-22(11-19)26(30-13-18-6-5-7-21(28)10-18)33-25(32-23)20(12-29)14-31-27(3,4)15-35/h5-12,14,35H,13,15,29H2,1-4H3,(H,30,32,33). The Kier molecular flexibility index (Phi) is 7.37. The lowest BCUT2D eigenvalue weighted by Crippen LogP contribution is -2.22. The number of nitrogens with one attached hydrogen (secondary N) is 1. The molecule has 0 atom stereocenters. The highest BCUT2D eigenvalue weighted by Gasteiger charge is 2.17. The molecular formula is C27H29ClN6O2. The highest BCUT2D eigenvalue weighted by atomic mass is 35.5. The van der Waals surface area contributed by atoms with E-state index in [1.165, 1.54) is 6.20 Å². The van der Waals surface area contributed by atoms with Crippen molar-refractivity contribution in [3.63, 3.8) is 0 Å². The van der Waals surface area contributed by atoms with Gasteiger partial charge in [-0.3, -0.25) is 4.99 Å². The van der Waals surface area contributed by atoms with Gasteiger partial charge in [-0.2, -0.15) is 0 Å². The van der Waals surface area contributed by atoms with Crippen LogP contribution in [-0.2, 0) is 6.54 Å². The molecule has 0 saturated carbocycles. The molecule has 186 valence electrons. The van der Waals surface area contributed by atoms with Crippen LogP contribution in [0.3, 0.4) is 0 Å². The van der Waals surface area contributed by atoms with E-state index in [0.717, 1.165) is 39.0 Å². The van der Waals surface area contributed by atoms with Crippen LogP contribution in [0, 0.1) is 13.8 Å². The predicted octanol–water partition coefficient (Wildman–Crippen LogP) is 5.31. The first-order valence-electron chi connectivity index (χ1n) is 11.5. The van der Waals surface area contributed by atoms with Crippen molar-refractivity contribution in [3.05, 3.63) is 76.5 Å². The van der Waals surface area contributed by atoms with Crippen molar-refractivity contribution in [2.45, 2.75) is 39.8 Å². The fourth-order valence-corrected chi connectivity index (χ4v) is 3.95. The van der Waals surface area contributed by atoms with E-state index in [0.29, 0.717) is 28.8 Å². The molecule has 0 aliphatic rings. The molecule has 0 unspecified atom stereocenters. The second-order valence-electron chi connectivity index (χ2n) is 9.16. The van der Waals surface area contributed by atoms with E-state index in [9.17, 15) is 5.11 Å². The molecule has 0 amide bonds. The van der Waals surface area contributed by atoms with Gasteiger partial charge in [-0.25, -0.2) is 9.97 Å². The van der Waals surface area contributed by atoms with Gasteiger partial charge in [0.2, 0.25) is 0 Å². The molecule has 0 spiro atoms. The number of benzene rings is 2. The normalized spacial score (nSPS) is 12.6. The summed E-state index contributed by atoms with van der Waals surface area (Å²) in [5.41, 5.74) is 10.3. The second kappa shape index (κ2) is 10.5. The molecule has 0 saturated heterocycles. The number of allylic oxidation sites excluding steroid dienone is 1. The van der Waals surface area contributed by atoms with Gasteiger partial charge in [0, 0.05) is 34.9 Å². The Hall–Kier alpha value is -3.75. The topological polar surface area (TPSA) is 122 Å². The van der Waals surface area contributed by atoms with Crippen molar-refractivity contribution in [3.8, 4) is 11.1 Å². The quantitative estimate of drug-likeness (QED) is 0.278. The number of nitrogens with zero attached hydrogens (tertiary/aromatic N) is 4. The third-order valence-electron chi connectivity index (χ3n) is 5.74. The van der Waals surface area contributed by atoms with Crippen molar-refractivity contribution in [1.82, 2.24) is 15.1 Å². The summed E-state index contributed by atoms with van der Waals surface area (Å²) < 4.78 is 5.37. The van der Waals surface area contributed by atoms with E-state index in [1.54, 1.807) is 6.21 Å². The van der Waals surface area contributed by atoms with Crippen LogP contribution in [0.4, 0.5) is 5.82 Å². The number of rotatable bonds is 8. The summed E-state index contributed by atoms with van der Waals surface area (Å²) in [7, 11) is 0. The van der Waals surface area contributed by atoms with E-state index < -0.39 is 5.54 Å². The van der Waals surface area contributed by atoms with Crippen LogP contribution in [0.25, 0.3) is 27.6 Å². The molecule has 4 aromatic rings. The van der Waals surface area contributed by atoms with Gasteiger partial charge in [0.1, 0.15) is 11.6 Å². The lowest BCUT2D eigenvalue weighted by atomic mass is 10.0. The minimum atomic E-state index is -0.651. The SMILES string of the molecule is Cc1noc(C)c1-c1ccc2nc(C(C=NC(C)(C)CO)=CN)nc(NCc3cccc(Cl)c3)c2c1. The number of aryl methyl sites for hydroxylation is 2. The number of hydrogen-bond acceptors (Lipinski definition) is 8. The van der Waals surface area contributed by atoms with Gasteiger partial charge in [-0.1, -0.05) is 35.0 Å². The van der Waals surface area contributed by atoms with Crippen LogP contribution in [0.1, 0.15) is 36.7 Å². The Morgan fingerprint density at radius 2 is 2.00 bits per heavy atom. The zero-order chi connectivity index (χ0) is 25.9. The maximum absolute atomic E-state index is 9.55. The highest BCUT2D eigenvalue weighted by molar-refractivity contribution is 6.30. The largest absolute Gasteiger partial charge is 0.404 e. The van der Waals surface area contributed by atoms with Crippen molar-refractivity contribution in [1.29, 1.82) is 0 Å². The summed E-state index contributed by atoms with van der Waals surface area (Å²) in [6, 6.07) is 13.6. The molecule has 8 nitrogen and oxygen atoms in total. The van der Waals surface area contributed by atoms with E-state index in [-0.39, 0.29) is 6.61 Å². The first kappa shape index (κ1) is 25.3. The number of aromatic nitrogens is 3. The van der Waals surface area contributed by atoms with Crippen LogP contribution in [0.2, 0.25) is 5.02 Å². The Balaban J connectivity index is 1.81. The smallest absolute Gasteiger partial charge is 0.165 e. The number of anilines is 1. The summed E-state index contributed by atoms with van der Waals surface area (Å²) >= 11 is 6.18. The fourth-order valence-electron chi connectivity index (χ4n) is 3.74. The Morgan fingerprint density at radius 3 is 2.67 bits per heavy atom. The van der Waals surface area contributed by atoms with Crippen LogP contribution < -0.4 is 11.1 Å². The molecule has 0 aliphatic heterocycles. The molecule has 36 heavy (non-hydrogen) atoms. The molecule has 4 rings (SSSR count). The van der Waals surface area contributed by atoms with Crippen LogP contribution in [0.15, 0.2) is 58.2 Å². The van der Waals surface area contributed by atoms with Gasteiger partial charge in [-0.15, -0.1) is 0 Å². The van der Waals surface area contributed by atoms with Crippen LogP contribution in [0.5, 0.6) is 0 Å². The van der Waals surface area contributed by atoms with Crippen LogP contribution in [-0.4, -0.2) is 38.6 Å². The molecule has 0 aliphatic carbocycles. The third kappa shape index (κ3) is 5.56. The zero-order valence-electron chi connectivity index (χ0n) is 20.7. The summed E-state index contributed by atoms with van der Waals surface area (Å²) in [5, 5.41) is 18.6. The van der Waals surface area contributed by atoms with Gasteiger partial charge in [0.05, 0.1) is 28.9 Å². The van der Waals surface area contributed by atoms with Gasteiger partial charge in [-0.05, 0) is 63.1 Å². The first-order valence-corrected chi connectivity index (χ1v) is 11.9. The molecule has 2 aromatic heterocycles. The second-order valence-corrected chi connectivity index (χ2v) is 9.60. The number of halogens is 1. The molecule has 0 radical (unpaired) electrons. The average Bonchev–Trinajstić information content (AvgIpc) is 3.20. The average molecular weight is 505 g/mol. The number of hydrogen-bond donors (Lipinski definition) is 3. The van der Waals surface area contributed by atoms with Gasteiger partial charge in [0.25, 0.3) is 0 Å². The van der Waals surface area contributed by atoms with Crippen molar-refractivity contribution < 1.29 is 9.63 Å².